The van der Waals surface area contributed by atoms with Crippen LogP contribution < -0.4 is 10.1 Å². The molecule has 11 heteroatoms. The summed E-state index contributed by atoms with van der Waals surface area (Å²) >= 11 is 1.14. The van der Waals surface area contributed by atoms with Crippen molar-refractivity contribution < 1.29 is 23.1 Å². The molecule has 0 aliphatic rings. The van der Waals surface area contributed by atoms with Crippen molar-refractivity contribution in [2.45, 2.75) is 18.3 Å². The van der Waals surface area contributed by atoms with Gasteiger partial charge in [-0.2, -0.15) is 8.78 Å². The molecule has 0 spiro atoms. The second kappa shape index (κ2) is 11.3. The van der Waals surface area contributed by atoms with Crippen molar-refractivity contribution in [3.8, 4) is 17.1 Å². The number of thioether (sulfide) groups is 1. The predicted octanol–water partition coefficient (Wildman–Crippen LogP) is 4.04. The van der Waals surface area contributed by atoms with Crippen molar-refractivity contribution in [2.75, 3.05) is 5.75 Å². The molecule has 4 rings (SSSR count). The topological polar surface area (TPSA) is 99.0 Å². The minimum Gasteiger partial charge on any atom is -0.435 e. The van der Waals surface area contributed by atoms with E-state index in [0.29, 0.717) is 17.5 Å². The summed E-state index contributed by atoms with van der Waals surface area (Å²) in [5.74, 6) is -0.753. The van der Waals surface area contributed by atoms with Crippen molar-refractivity contribution in [2.24, 2.45) is 0 Å². The van der Waals surface area contributed by atoms with Crippen LogP contribution in [0.25, 0.3) is 11.4 Å². The summed E-state index contributed by atoms with van der Waals surface area (Å²) in [5, 5.41) is 11.3. The van der Waals surface area contributed by atoms with E-state index in [1.807, 2.05) is 41.0 Å². The quantitative estimate of drug-likeness (QED) is 0.350. The number of nitrogens with one attached hydrogen (secondary N) is 1. The first-order valence-electron chi connectivity index (χ1n) is 10.4. The fourth-order valence-electron chi connectivity index (χ4n) is 3.17. The fraction of sp³-hybridized carbons (Fsp3) is 0.125. The Kier molecular flexibility index (Phi) is 7.78. The first-order chi connectivity index (χ1) is 17.0. The van der Waals surface area contributed by atoms with Gasteiger partial charge in [-0.1, -0.05) is 42.1 Å². The number of alkyl halides is 2. The van der Waals surface area contributed by atoms with Crippen molar-refractivity contribution in [3.63, 3.8) is 0 Å². The summed E-state index contributed by atoms with van der Waals surface area (Å²) < 4.78 is 30.7. The number of aromatic nitrogens is 4. The van der Waals surface area contributed by atoms with Crippen LogP contribution in [0.4, 0.5) is 8.78 Å². The Morgan fingerprint density at radius 2 is 1.77 bits per heavy atom. The Balaban J connectivity index is 1.43. The number of hydrogen-bond donors (Lipinski definition) is 1. The number of halogens is 2. The van der Waals surface area contributed by atoms with Crippen LogP contribution in [0.3, 0.4) is 0 Å². The van der Waals surface area contributed by atoms with Gasteiger partial charge in [0.25, 0.3) is 5.91 Å². The van der Waals surface area contributed by atoms with Gasteiger partial charge in [0.15, 0.2) is 11.0 Å². The molecular weight excluding hydrogens is 476 g/mol. The van der Waals surface area contributed by atoms with E-state index in [0.717, 1.165) is 22.9 Å². The highest BCUT2D eigenvalue weighted by Crippen LogP contribution is 2.25. The Hall–Kier alpha value is -4.12. The minimum absolute atomic E-state index is 0.0828. The maximum atomic E-state index is 12.4. The summed E-state index contributed by atoms with van der Waals surface area (Å²) in [4.78, 5) is 28.9. The van der Waals surface area contributed by atoms with E-state index in [2.05, 4.69) is 25.2 Å². The Labute approximate surface area is 203 Å². The average molecular weight is 496 g/mol. The molecule has 0 fully saturated rings. The molecule has 0 aliphatic carbocycles. The fourth-order valence-corrected chi connectivity index (χ4v) is 3.90. The van der Waals surface area contributed by atoms with Gasteiger partial charge in [-0.3, -0.25) is 24.5 Å². The van der Waals surface area contributed by atoms with Crippen LogP contribution in [-0.2, 0) is 11.3 Å². The van der Waals surface area contributed by atoms with Crippen LogP contribution in [0.2, 0.25) is 0 Å². The van der Waals surface area contributed by atoms with Gasteiger partial charge in [0.05, 0.1) is 12.3 Å². The van der Waals surface area contributed by atoms with Crippen LogP contribution in [-0.4, -0.2) is 43.9 Å². The van der Waals surface area contributed by atoms with Crippen molar-refractivity contribution in [1.29, 1.82) is 0 Å². The highest BCUT2D eigenvalue weighted by molar-refractivity contribution is 7.99. The summed E-state index contributed by atoms with van der Waals surface area (Å²) in [7, 11) is 0. The number of carbonyl (C=O) groups is 2. The lowest BCUT2D eigenvalue weighted by Gasteiger charge is -2.10. The lowest BCUT2D eigenvalue weighted by molar-refractivity contribution is -0.117. The SMILES string of the molecule is O=C(CSc1nnc(-c2cccnc2)n1Cc1ccccc1)NC(=O)c1ccc(OC(F)F)cc1. The van der Waals surface area contributed by atoms with Crippen LogP contribution in [0.5, 0.6) is 5.75 Å². The first kappa shape index (κ1) is 24.0. The number of ether oxygens (including phenoxy) is 1. The van der Waals surface area contributed by atoms with Gasteiger partial charge in [-0.25, -0.2) is 0 Å². The molecule has 2 amide bonds. The minimum atomic E-state index is -2.96. The Bertz CT molecular complexity index is 1290. The lowest BCUT2D eigenvalue weighted by Crippen LogP contribution is -2.31. The number of imide groups is 1. The van der Waals surface area contributed by atoms with Gasteiger partial charge in [0.2, 0.25) is 5.91 Å². The summed E-state index contributed by atoms with van der Waals surface area (Å²) in [6.45, 7) is -2.48. The van der Waals surface area contributed by atoms with Gasteiger partial charge in [-0.15, -0.1) is 10.2 Å². The van der Waals surface area contributed by atoms with Crippen molar-refractivity contribution in [1.82, 2.24) is 25.1 Å². The number of rotatable bonds is 9. The van der Waals surface area contributed by atoms with E-state index < -0.39 is 18.4 Å². The summed E-state index contributed by atoms with van der Waals surface area (Å²) in [6.07, 6.45) is 3.35. The summed E-state index contributed by atoms with van der Waals surface area (Å²) in [5.41, 5.74) is 1.94. The zero-order chi connectivity index (χ0) is 24.6. The summed E-state index contributed by atoms with van der Waals surface area (Å²) in [6, 6.07) is 18.5. The molecule has 0 atom stereocenters. The molecule has 2 aromatic carbocycles. The molecule has 0 saturated carbocycles. The molecule has 2 aromatic heterocycles. The molecule has 178 valence electrons. The molecule has 0 bridgehead atoms. The molecule has 0 aliphatic heterocycles. The van der Waals surface area contributed by atoms with Gasteiger partial charge < -0.3 is 4.74 Å². The predicted molar refractivity (Wildman–Crippen MR) is 125 cm³/mol. The number of carbonyl (C=O) groups excluding carboxylic acids is 2. The van der Waals surface area contributed by atoms with Crippen molar-refractivity contribution >= 4 is 23.6 Å². The first-order valence-corrected chi connectivity index (χ1v) is 11.4. The van der Waals surface area contributed by atoms with Gasteiger partial charge in [0.1, 0.15) is 5.75 Å². The Morgan fingerprint density at radius 3 is 2.46 bits per heavy atom. The number of nitrogens with zero attached hydrogens (tertiary/aromatic N) is 4. The number of benzene rings is 2. The van der Waals surface area contributed by atoms with E-state index in [9.17, 15) is 18.4 Å². The van der Waals surface area contributed by atoms with E-state index in [-0.39, 0.29) is 17.1 Å². The number of hydrogen-bond acceptors (Lipinski definition) is 7. The molecule has 1 N–H and O–H groups in total. The number of amides is 2. The smallest absolute Gasteiger partial charge is 0.387 e. The molecular formula is C24H19F2N5O3S. The molecule has 8 nitrogen and oxygen atoms in total. The van der Waals surface area contributed by atoms with Crippen LogP contribution in [0.1, 0.15) is 15.9 Å². The standard InChI is InChI=1S/C24H19F2N5O3S/c25-23(26)34-19-10-8-17(9-11-19)22(33)28-20(32)15-35-24-30-29-21(18-7-4-12-27-13-18)31(24)14-16-5-2-1-3-6-16/h1-13,23H,14-15H2,(H,28,32,33). The maximum absolute atomic E-state index is 12.4. The average Bonchev–Trinajstić information content (AvgIpc) is 3.26. The third kappa shape index (κ3) is 6.48. The third-order valence-electron chi connectivity index (χ3n) is 4.75. The van der Waals surface area contributed by atoms with Gasteiger partial charge in [0, 0.05) is 23.5 Å². The zero-order valence-electron chi connectivity index (χ0n) is 18.2. The van der Waals surface area contributed by atoms with Gasteiger partial charge >= 0.3 is 6.61 Å². The van der Waals surface area contributed by atoms with E-state index in [1.165, 1.54) is 24.3 Å². The van der Waals surface area contributed by atoms with E-state index in [1.54, 1.807) is 18.5 Å². The number of pyridine rings is 1. The molecule has 0 radical (unpaired) electrons. The molecule has 2 heterocycles. The highest BCUT2D eigenvalue weighted by Gasteiger charge is 2.18. The zero-order valence-corrected chi connectivity index (χ0v) is 19.0. The van der Waals surface area contributed by atoms with E-state index in [4.69, 9.17) is 0 Å². The molecule has 0 unspecified atom stereocenters. The molecule has 35 heavy (non-hydrogen) atoms. The van der Waals surface area contributed by atoms with E-state index >= 15 is 0 Å². The highest BCUT2D eigenvalue weighted by atomic mass is 32.2. The molecule has 4 aromatic rings. The van der Waals surface area contributed by atoms with Crippen LogP contribution in [0.15, 0.2) is 84.3 Å². The second-order valence-corrected chi connectivity index (χ2v) is 8.13. The maximum Gasteiger partial charge on any atom is 0.387 e. The normalized spacial score (nSPS) is 10.8. The lowest BCUT2D eigenvalue weighted by atomic mass is 10.2. The van der Waals surface area contributed by atoms with Gasteiger partial charge in [-0.05, 0) is 42.0 Å². The monoisotopic (exact) mass is 495 g/mol. The molecule has 0 saturated heterocycles. The second-order valence-electron chi connectivity index (χ2n) is 7.19. The third-order valence-corrected chi connectivity index (χ3v) is 5.71. The van der Waals surface area contributed by atoms with Crippen LogP contribution in [0, 0.1) is 0 Å². The van der Waals surface area contributed by atoms with Crippen molar-refractivity contribution in [3.05, 3.63) is 90.3 Å². The van der Waals surface area contributed by atoms with Crippen LogP contribution >= 0.6 is 11.8 Å². The Morgan fingerprint density at radius 1 is 1.00 bits per heavy atom. The largest absolute Gasteiger partial charge is 0.435 e.